The molecule has 0 aliphatic heterocycles. The van der Waals surface area contributed by atoms with Crippen LogP contribution in [-0.2, 0) is 11.2 Å². The van der Waals surface area contributed by atoms with Crippen molar-refractivity contribution < 1.29 is 4.74 Å². The van der Waals surface area contributed by atoms with Crippen molar-refractivity contribution >= 4 is 18.0 Å². The molecule has 0 radical (unpaired) electrons. The number of rotatable bonds is 8. The zero-order chi connectivity index (χ0) is 13.4. The van der Waals surface area contributed by atoms with Crippen molar-refractivity contribution in [2.75, 3.05) is 25.1 Å². The molecule has 1 heterocycles. The minimum Gasteiger partial charge on any atom is -0.382 e. The van der Waals surface area contributed by atoms with E-state index in [0.29, 0.717) is 10.6 Å². The Bertz CT molecular complexity index is 403. The number of nitrogens with zero attached hydrogens (tertiary/aromatic N) is 1. The van der Waals surface area contributed by atoms with Crippen LogP contribution in [0.1, 0.15) is 33.0 Å². The summed E-state index contributed by atoms with van der Waals surface area (Å²) in [6, 6.07) is 1.86. The standard InChI is InChI=1S/C13H23N3OS/c1-4-17-7-5-6-14-11-9-13(18)16-12(15-11)8-10(2)3/h9-10H,4-8H2,1-3H3,(H2,14,15,16,18). The van der Waals surface area contributed by atoms with Crippen molar-refractivity contribution in [3.63, 3.8) is 0 Å². The molecule has 0 fully saturated rings. The predicted octanol–water partition coefficient (Wildman–Crippen LogP) is 3.18. The van der Waals surface area contributed by atoms with Gasteiger partial charge in [0, 0.05) is 32.2 Å². The maximum atomic E-state index is 5.29. The van der Waals surface area contributed by atoms with Gasteiger partial charge in [-0.25, -0.2) is 4.98 Å². The lowest BCUT2D eigenvalue weighted by molar-refractivity contribution is 0.147. The summed E-state index contributed by atoms with van der Waals surface area (Å²) in [5, 5.41) is 3.32. The lowest BCUT2D eigenvalue weighted by Crippen LogP contribution is -2.09. The molecule has 0 bridgehead atoms. The molecule has 1 aromatic rings. The SMILES string of the molecule is CCOCCCNc1cc(=S)nc(CC(C)C)[nH]1. The zero-order valence-electron chi connectivity index (χ0n) is 11.5. The lowest BCUT2D eigenvalue weighted by Gasteiger charge is -2.10. The number of nitrogens with one attached hydrogen (secondary N) is 2. The van der Waals surface area contributed by atoms with E-state index in [1.807, 2.05) is 13.0 Å². The molecule has 0 aliphatic rings. The fraction of sp³-hybridized carbons (Fsp3) is 0.692. The molecule has 0 aliphatic carbocycles. The fourth-order valence-electron chi connectivity index (χ4n) is 1.63. The van der Waals surface area contributed by atoms with Crippen LogP contribution in [0.2, 0.25) is 0 Å². The van der Waals surface area contributed by atoms with Gasteiger partial charge in [-0.1, -0.05) is 26.1 Å². The highest BCUT2D eigenvalue weighted by atomic mass is 32.1. The highest BCUT2D eigenvalue weighted by Crippen LogP contribution is 2.08. The molecule has 0 unspecified atom stereocenters. The molecule has 0 amide bonds. The first-order valence-electron chi connectivity index (χ1n) is 6.53. The molecule has 0 atom stereocenters. The second-order valence-corrected chi connectivity index (χ2v) is 5.07. The maximum Gasteiger partial charge on any atom is 0.131 e. The normalized spacial score (nSPS) is 10.9. The first-order valence-corrected chi connectivity index (χ1v) is 6.94. The molecule has 0 spiro atoms. The topological polar surface area (TPSA) is 49.9 Å². The molecule has 1 aromatic heterocycles. The van der Waals surface area contributed by atoms with Gasteiger partial charge in [0.15, 0.2) is 0 Å². The Morgan fingerprint density at radius 2 is 2.28 bits per heavy atom. The first-order chi connectivity index (χ1) is 8.61. The predicted molar refractivity (Wildman–Crippen MR) is 77.6 cm³/mol. The zero-order valence-corrected chi connectivity index (χ0v) is 12.3. The largest absolute Gasteiger partial charge is 0.382 e. The number of anilines is 1. The van der Waals surface area contributed by atoms with E-state index in [2.05, 4.69) is 29.1 Å². The Kier molecular flexibility index (Phi) is 6.90. The van der Waals surface area contributed by atoms with E-state index < -0.39 is 0 Å². The summed E-state index contributed by atoms with van der Waals surface area (Å²) in [5.74, 6) is 2.46. The van der Waals surface area contributed by atoms with Crippen molar-refractivity contribution in [2.24, 2.45) is 5.92 Å². The van der Waals surface area contributed by atoms with Crippen molar-refractivity contribution in [1.29, 1.82) is 0 Å². The third-order valence-corrected chi connectivity index (χ3v) is 2.59. The molecule has 2 N–H and O–H groups in total. The molecule has 5 heteroatoms. The third-order valence-electron chi connectivity index (χ3n) is 2.38. The van der Waals surface area contributed by atoms with E-state index in [-0.39, 0.29) is 0 Å². The Labute approximate surface area is 114 Å². The first kappa shape index (κ1) is 15.1. The number of aromatic nitrogens is 2. The average molecular weight is 269 g/mol. The van der Waals surface area contributed by atoms with Gasteiger partial charge in [0.1, 0.15) is 16.3 Å². The van der Waals surface area contributed by atoms with Crippen LogP contribution in [-0.4, -0.2) is 29.7 Å². The fourth-order valence-corrected chi connectivity index (χ4v) is 1.86. The summed E-state index contributed by atoms with van der Waals surface area (Å²) >= 11 is 5.16. The van der Waals surface area contributed by atoms with Crippen LogP contribution < -0.4 is 5.32 Å². The lowest BCUT2D eigenvalue weighted by atomic mass is 10.1. The molecule has 102 valence electrons. The molecule has 18 heavy (non-hydrogen) atoms. The number of H-pyrrole nitrogens is 1. The number of hydrogen-bond donors (Lipinski definition) is 2. The van der Waals surface area contributed by atoms with Crippen LogP contribution in [0.25, 0.3) is 0 Å². The van der Waals surface area contributed by atoms with Gasteiger partial charge in [0.2, 0.25) is 0 Å². The summed E-state index contributed by atoms with van der Waals surface area (Å²) in [5.41, 5.74) is 0. The van der Waals surface area contributed by atoms with Gasteiger partial charge in [-0.2, -0.15) is 0 Å². The second kappa shape index (κ2) is 8.21. The van der Waals surface area contributed by atoms with Crippen LogP contribution in [0.15, 0.2) is 6.07 Å². The molecule has 1 rings (SSSR count). The average Bonchev–Trinajstić information content (AvgIpc) is 2.27. The van der Waals surface area contributed by atoms with Crippen molar-refractivity contribution in [1.82, 2.24) is 9.97 Å². The molecule has 0 saturated carbocycles. The maximum absolute atomic E-state index is 5.29. The van der Waals surface area contributed by atoms with Crippen LogP contribution in [0, 0.1) is 10.6 Å². The van der Waals surface area contributed by atoms with Crippen molar-refractivity contribution in [3.8, 4) is 0 Å². The van der Waals surface area contributed by atoms with Crippen LogP contribution in [0.5, 0.6) is 0 Å². The Hall–Kier alpha value is -0.940. The van der Waals surface area contributed by atoms with E-state index in [4.69, 9.17) is 17.0 Å². The van der Waals surface area contributed by atoms with Gasteiger partial charge in [-0.3, -0.25) is 0 Å². The van der Waals surface area contributed by atoms with Gasteiger partial charge >= 0.3 is 0 Å². The smallest absolute Gasteiger partial charge is 0.131 e. The quantitative estimate of drug-likeness (QED) is 0.562. The van der Waals surface area contributed by atoms with E-state index in [1.165, 1.54) is 0 Å². The number of ether oxygens (including phenoxy) is 1. The van der Waals surface area contributed by atoms with E-state index in [1.54, 1.807) is 0 Å². The van der Waals surface area contributed by atoms with Crippen LogP contribution in [0.4, 0.5) is 5.82 Å². The minimum atomic E-state index is 0.566. The number of hydrogen-bond acceptors (Lipinski definition) is 4. The monoisotopic (exact) mass is 269 g/mol. The summed E-state index contributed by atoms with van der Waals surface area (Å²) < 4.78 is 5.92. The Balaban J connectivity index is 2.49. The van der Waals surface area contributed by atoms with Crippen molar-refractivity contribution in [3.05, 3.63) is 16.5 Å². The second-order valence-electron chi connectivity index (χ2n) is 4.65. The number of aromatic amines is 1. The van der Waals surface area contributed by atoms with Crippen LogP contribution in [0.3, 0.4) is 0 Å². The Morgan fingerprint density at radius 1 is 1.50 bits per heavy atom. The molecule has 4 nitrogen and oxygen atoms in total. The summed E-state index contributed by atoms with van der Waals surface area (Å²) in [7, 11) is 0. The molecule has 0 saturated heterocycles. The molecule has 0 aromatic carbocycles. The summed E-state index contributed by atoms with van der Waals surface area (Å²) in [6.45, 7) is 8.77. The molecular formula is C13H23N3OS. The summed E-state index contributed by atoms with van der Waals surface area (Å²) in [4.78, 5) is 7.60. The van der Waals surface area contributed by atoms with Gasteiger partial charge in [0.25, 0.3) is 0 Å². The third kappa shape index (κ3) is 6.12. The van der Waals surface area contributed by atoms with E-state index in [0.717, 1.165) is 44.2 Å². The van der Waals surface area contributed by atoms with Gasteiger partial charge in [0.05, 0.1) is 0 Å². The highest BCUT2D eigenvalue weighted by molar-refractivity contribution is 7.71. The Morgan fingerprint density at radius 3 is 2.94 bits per heavy atom. The highest BCUT2D eigenvalue weighted by Gasteiger charge is 2.02. The van der Waals surface area contributed by atoms with Crippen LogP contribution >= 0.6 is 12.2 Å². The summed E-state index contributed by atoms with van der Waals surface area (Å²) in [6.07, 6.45) is 1.90. The van der Waals surface area contributed by atoms with Crippen molar-refractivity contribution in [2.45, 2.75) is 33.6 Å². The minimum absolute atomic E-state index is 0.566. The van der Waals surface area contributed by atoms with Gasteiger partial charge < -0.3 is 15.0 Å². The van der Waals surface area contributed by atoms with E-state index in [9.17, 15) is 0 Å². The van der Waals surface area contributed by atoms with Gasteiger partial charge in [-0.05, 0) is 19.3 Å². The van der Waals surface area contributed by atoms with Gasteiger partial charge in [-0.15, -0.1) is 0 Å². The van der Waals surface area contributed by atoms with E-state index >= 15 is 0 Å². The molecular weight excluding hydrogens is 246 g/mol.